The Morgan fingerprint density at radius 1 is 1.06 bits per heavy atom. The predicted octanol–water partition coefficient (Wildman–Crippen LogP) is 0.331. The summed E-state index contributed by atoms with van der Waals surface area (Å²) in [5.41, 5.74) is 0.271. The highest BCUT2D eigenvalue weighted by Gasteiger charge is 2.33. The Bertz CT molecular complexity index is 929. The highest BCUT2D eigenvalue weighted by Crippen LogP contribution is 2.19. The van der Waals surface area contributed by atoms with Gasteiger partial charge in [-0.05, 0) is 24.6 Å². The molecule has 1 aromatic carbocycles. The van der Waals surface area contributed by atoms with E-state index >= 15 is 0 Å². The van der Waals surface area contributed by atoms with E-state index in [4.69, 9.17) is 4.74 Å². The lowest BCUT2D eigenvalue weighted by Crippen LogP contribution is -2.57. The molecular weight excluding hydrogens is 450 g/mol. The normalized spacial score (nSPS) is 23.2. The fourth-order valence-corrected chi connectivity index (χ4v) is 4.29. The van der Waals surface area contributed by atoms with E-state index in [-0.39, 0.29) is 36.3 Å². The van der Waals surface area contributed by atoms with Crippen molar-refractivity contribution in [3.8, 4) is 5.75 Å². The molecule has 0 spiro atoms. The van der Waals surface area contributed by atoms with Crippen molar-refractivity contribution in [1.29, 1.82) is 0 Å². The first kappa shape index (κ1) is 26.5. The van der Waals surface area contributed by atoms with Crippen LogP contribution in [0.3, 0.4) is 0 Å². The third kappa shape index (κ3) is 6.72. The minimum absolute atomic E-state index is 0.158. The van der Waals surface area contributed by atoms with Gasteiger partial charge in [0.1, 0.15) is 24.4 Å². The van der Waals surface area contributed by atoms with E-state index in [9.17, 15) is 19.2 Å². The van der Waals surface area contributed by atoms with Crippen molar-refractivity contribution in [1.82, 2.24) is 25.3 Å². The molecule has 1 aromatic rings. The van der Waals surface area contributed by atoms with Crippen LogP contribution in [0.4, 0.5) is 0 Å². The van der Waals surface area contributed by atoms with Crippen LogP contribution in [0.2, 0.25) is 0 Å². The number of carbonyl (C=O) groups excluding carboxylic acids is 4. The summed E-state index contributed by atoms with van der Waals surface area (Å²) >= 11 is 0. The van der Waals surface area contributed by atoms with Crippen LogP contribution >= 0.6 is 0 Å². The molecule has 1 saturated heterocycles. The number of para-hydroxylation sites is 1. The van der Waals surface area contributed by atoms with Gasteiger partial charge in [-0.3, -0.25) is 19.2 Å². The summed E-state index contributed by atoms with van der Waals surface area (Å²) in [6, 6.07) is 4.94. The van der Waals surface area contributed by atoms with Gasteiger partial charge in [-0.1, -0.05) is 32.9 Å². The van der Waals surface area contributed by atoms with Gasteiger partial charge in [0.15, 0.2) is 0 Å². The summed E-state index contributed by atoms with van der Waals surface area (Å²) in [4.78, 5) is 58.1. The maximum Gasteiger partial charge on any atom is 0.255 e. The Hall–Kier alpha value is -3.14. The Labute approximate surface area is 206 Å². The summed E-state index contributed by atoms with van der Waals surface area (Å²) in [6.45, 7) is 9.67. The fraction of sp³-hybridized carbons (Fsp3) is 0.600. The summed E-state index contributed by atoms with van der Waals surface area (Å²) in [5, 5.41) is 5.55. The second kappa shape index (κ2) is 12.0. The first-order valence-corrected chi connectivity index (χ1v) is 12.3. The molecule has 3 rings (SSSR count). The molecule has 0 aromatic heterocycles. The fourth-order valence-electron chi connectivity index (χ4n) is 4.29. The topological polar surface area (TPSA) is 111 Å². The number of nitrogens with one attached hydrogen (secondary N) is 2. The van der Waals surface area contributed by atoms with Crippen molar-refractivity contribution in [2.45, 2.75) is 39.3 Å². The average molecular weight is 488 g/mol. The van der Waals surface area contributed by atoms with Gasteiger partial charge in [0.2, 0.25) is 17.7 Å². The summed E-state index contributed by atoms with van der Waals surface area (Å²) in [5.74, 6) is -1.28. The maximum atomic E-state index is 13.4. The number of piperazine rings is 1. The van der Waals surface area contributed by atoms with Gasteiger partial charge in [-0.25, -0.2) is 0 Å². The van der Waals surface area contributed by atoms with Crippen molar-refractivity contribution >= 4 is 23.6 Å². The third-order valence-corrected chi connectivity index (χ3v) is 6.57. The molecule has 2 N–H and O–H groups in total. The lowest BCUT2D eigenvalue weighted by Gasteiger charge is -2.36. The molecule has 2 heterocycles. The smallest absolute Gasteiger partial charge is 0.255 e. The molecule has 2 aliphatic heterocycles. The third-order valence-electron chi connectivity index (χ3n) is 6.57. The molecule has 0 saturated carbocycles. The Morgan fingerprint density at radius 3 is 2.40 bits per heavy atom. The molecule has 0 aliphatic carbocycles. The van der Waals surface area contributed by atoms with Crippen LogP contribution in [0.25, 0.3) is 0 Å². The van der Waals surface area contributed by atoms with E-state index < -0.39 is 23.9 Å². The van der Waals surface area contributed by atoms with E-state index in [2.05, 4.69) is 22.5 Å². The monoisotopic (exact) mass is 487 g/mol. The zero-order valence-electron chi connectivity index (χ0n) is 21.1. The zero-order chi connectivity index (χ0) is 25.5. The van der Waals surface area contributed by atoms with Crippen molar-refractivity contribution < 1.29 is 23.9 Å². The van der Waals surface area contributed by atoms with Crippen LogP contribution in [-0.2, 0) is 14.4 Å². The van der Waals surface area contributed by atoms with Gasteiger partial charge in [-0.2, -0.15) is 0 Å². The van der Waals surface area contributed by atoms with Gasteiger partial charge in [0.05, 0.1) is 18.5 Å². The summed E-state index contributed by atoms with van der Waals surface area (Å²) < 4.78 is 5.83. The van der Waals surface area contributed by atoms with E-state index in [1.165, 1.54) is 4.90 Å². The minimum Gasteiger partial charge on any atom is -0.491 e. The number of rotatable bonds is 3. The van der Waals surface area contributed by atoms with Gasteiger partial charge in [0.25, 0.3) is 5.91 Å². The average Bonchev–Trinajstić information content (AvgIpc) is 2.85. The molecule has 2 aliphatic rings. The maximum absolute atomic E-state index is 13.4. The Morgan fingerprint density at radius 2 is 1.74 bits per heavy atom. The molecule has 2 atom stereocenters. The number of hydrogen-bond acceptors (Lipinski definition) is 6. The van der Waals surface area contributed by atoms with Crippen LogP contribution in [0, 0.1) is 5.92 Å². The molecular formula is C25H37N5O5. The van der Waals surface area contributed by atoms with Crippen LogP contribution in [0.5, 0.6) is 5.75 Å². The number of amides is 4. The van der Waals surface area contributed by atoms with Gasteiger partial charge < -0.3 is 30.1 Å². The number of benzene rings is 1. The van der Waals surface area contributed by atoms with Crippen LogP contribution in [0.15, 0.2) is 24.3 Å². The van der Waals surface area contributed by atoms with Gasteiger partial charge >= 0.3 is 0 Å². The van der Waals surface area contributed by atoms with Crippen LogP contribution in [-0.4, -0.2) is 103 Å². The van der Waals surface area contributed by atoms with E-state index in [0.29, 0.717) is 25.4 Å². The predicted molar refractivity (Wildman–Crippen MR) is 131 cm³/mol. The first-order valence-electron chi connectivity index (χ1n) is 12.3. The van der Waals surface area contributed by atoms with Crippen molar-refractivity contribution in [2.75, 3.05) is 52.9 Å². The number of hydrogen-bond donors (Lipinski definition) is 2. The lowest BCUT2D eigenvalue weighted by molar-refractivity contribution is -0.139. The van der Waals surface area contributed by atoms with Crippen LogP contribution in [0.1, 0.15) is 37.6 Å². The van der Waals surface area contributed by atoms with E-state index in [0.717, 1.165) is 19.6 Å². The number of likely N-dealkylation sites (N-methyl/N-ethyl adjacent to an activating group) is 2. The molecule has 10 nitrogen and oxygen atoms in total. The molecule has 0 unspecified atom stereocenters. The lowest BCUT2D eigenvalue weighted by atomic mass is 10.0. The molecule has 35 heavy (non-hydrogen) atoms. The number of nitrogens with zero attached hydrogens (tertiary/aromatic N) is 3. The van der Waals surface area contributed by atoms with Gasteiger partial charge in [0, 0.05) is 33.2 Å². The summed E-state index contributed by atoms with van der Waals surface area (Å²) in [6.07, 6.45) is -0.262. The second-order valence-electron chi connectivity index (χ2n) is 9.38. The SMILES string of the molecule is CCN1CCN(C(=O)[C@@H]2CC(=O)N[C@H](C(C)C)C(=O)N(C)CCOc3ccccc3C(=O)N2)CC1. The minimum atomic E-state index is -1.06. The standard InChI is InChI=1S/C25H37N5O5/c1-5-29-10-12-30(13-11-29)24(33)19-16-21(31)27-22(17(2)3)25(34)28(4)14-15-35-20-9-7-6-8-18(20)23(32)26-19/h6-9,17,19,22H,5,10-16H2,1-4H3,(H,26,32)(H,27,31)/t19-,22+/m0/s1. The molecule has 10 heteroatoms. The number of carbonyl (C=O) groups is 4. The molecule has 0 bridgehead atoms. The van der Waals surface area contributed by atoms with Crippen molar-refractivity contribution in [3.63, 3.8) is 0 Å². The quantitative estimate of drug-likeness (QED) is 0.636. The van der Waals surface area contributed by atoms with Crippen LogP contribution < -0.4 is 15.4 Å². The highest BCUT2D eigenvalue weighted by molar-refractivity contribution is 6.01. The molecule has 4 amide bonds. The van der Waals surface area contributed by atoms with E-state index in [1.54, 1.807) is 36.2 Å². The van der Waals surface area contributed by atoms with Crippen molar-refractivity contribution in [2.24, 2.45) is 5.92 Å². The molecule has 1 fully saturated rings. The van der Waals surface area contributed by atoms with E-state index in [1.807, 2.05) is 13.8 Å². The number of ether oxygens (including phenoxy) is 1. The largest absolute Gasteiger partial charge is 0.491 e. The van der Waals surface area contributed by atoms with Gasteiger partial charge in [-0.15, -0.1) is 0 Å². The molecule has 192 valence electrons. The zero-order valence-corrected chi connectivity index (χ0v) is 21.1. The second-order valence-corrected chi connectivity index (χ2v) is 9.38. The highest BCUT2D eigenvalue weighted by atomic mass is 16.5. The number of fused-ring (bicyclic) bond motifs is 1. The Balaban J connectivity index is 1.89. The molecule has 0 radical (unpaired) electrons. The summed E-state index contributed by atoms with van der Waals surface area (Å²) in [7, 11) is 1.65. The Kier molecular flexibility index (Phi) is 9.08. The van der Waals surface area contributed by atoms with Crippen molar-refractivity contribution in [3.05, 3.63) is 29.8 Å². The first-order chi connectivity index (χ1) is 16.7.